The number of rotatable bonds is 9. The van der Waals surface area contributed by atoms with Crippen molar-refractivity contribution in [2.45, 2.75) is 11.4 Å². The number of halogens is 2. The molecule has 42 heavy (non-hydrogen) atoms. The first kappa shape index (κ1) is 28.6. The number of nitrogens with one attached hydrogen (secondary N) is 2. The van der Waals surface area contributed by atoms with Gasteiger partial charge in [-0.05, 0) is 60.7 Å². The lowest BCUT2D eigenvalue weighted by molar-refractivity contribution is -0.119. The Morgan fingerprint density at radius 2 is 1.76 bits per heavy atom. The van der Waals surface area contributed by atoms with Crippen molar-refractivity contribution < 1.29 is 27.1 Å². The van der Waals surface area contributed by atoms with Crippen molar-refractivity contribution in [2.75, 3.05) is 6.61 Å². The highest BCUT2D eigenvalue weighted by atomic mass is 35.5. The van der Waals surface area contributed by atoms with Crippen molar-refractivity contribution in [1.29, 1.82) is 0 Å². The molecule has 10 nitrogen and oxygen atoms in total. The maximum absolute atomic E-state index is 14.8. The number of nitrogens with two attached hydrogens (primary N) is 1. The van der Waals surface area contributed by atoms with Gasteiger partial charge in [-0.3, -0.25) is 14.4 Å². The van der Waals surface area contributed by atoms with Gasteiger partial charge in [-0.1, -0.05) is 29.8 Å². The fraction of sp³-hybridized carbons (Fsp3) is 0.0690. The molecule has 4 N–H and O–H groups in total. The van der Waals surface area contributed by atoms with Gasteiger partial charge in [0.1, 0.15) is 17.3 Å². The molecule has 0 saturated carbocycles. The van der Waals surface area contributed by atoms with E-state index < -0.39 is 39.8 Å². The monoisotopic (exact) mass is 608 g/mol. The summed E-state index contributed by atoms with van der Waals surface area (Å²) < 4.78 is 50.0. The lowest BCUT2D eigenvalue weighted by atomic mass is 10.0. The number of aromatic nitrogens is 2. The van der Waals surface area contributed by atoms with Crippen LogP contribution in [-0.4, -0.2) is 36.4 Å². The van der Waals surface area contributed by atoms with Gasteiger partial charge in [0.25, 0.3) is 27.4 Å². The second-order valence-corrected chi connectivity index (χ2v) is 11.3. The lowest BCUT2D eigenvalue weighted by Crippen LogP contribution is -2.33. The third-order valence-electron chi connectivity index (χ3n) is 6.36. The van der Waals surface area contributed by atoms with Gasteiger partial charge in [0.05, 0.1) is 11.4 Å². The normalized spacial score (nSPS) is 11.4. The summed E-state index contributed by atoms with van der Waals surface area (Å²) in [5.41, 5.74) is 5.16. The zero-order valence-electron chi connectivity index (χ0n) is 21.6. The number of nitrogens with zero attached hydrogens (tertiary/aromatic N) is 1. The topological polar surface area (TPSA) is 153 Å². The number of hydrogen-bond acceptors (Lipinski definition) is 6. The second kappa shape index (κ2) is 11.5. The zero-order chi connectivity index (χ0) is 30.0. The Morgan fingerprint density at radius 3 is 2.45 bits per heavy atom. The van der Waals surface area contributed by atoms with E-state index in [4.69, 9.17) is 22.1 Å². The molecule has 3 aromatic carbocycles. The average Bonchev–Trinajstić information content (AvgIpc) is 3.26. The van der Waals surface area contributed by atoms with Crippen LogP contribution in [0.4, 0.5) is 4.39 Å². The van der Waals surface area contributed by atoms with Crippen LogP contribution in [0, 0.1) is 5.82 Å². The van der Waals surface area contributed by atoms with E-state index in [1.807, 2.05) is 0 Å². The summed E-state index contributed by atoms with van der Waals surface area (Å²) in [4.78, 5) is 40.1. The van der Waals surface area contributed by atoms with E-state index in [9.17, 15) is 27.2 Å². The van der Waals surface area contributed by atoms with E-state index in [1.54, 1.807) is 30.3 Å². The predicted octanol–water partition coefficient (Wildman–Crippen LogP) is 3.82. The van der Waals surface area contributed by atoms with Crippen molar-refractivity contribution in [2.24, 2.45) is 5.73 Å². The van der Waals surface area contributed by atoms with E-state index in [0.29, 0.717) is 15.9 Å². The number of carbonyl (C=O) groups is 2. The largest absolute Gasteiger partial charge is 0.484 e. The molecule has 0 aliphatic carbocycles. The maximum Gasteiger partial charge on any atom is 0.282 e. The second-order valence-electron chi connectivity index (χ2n) is 9.14. The molecule has 5 rings (SSSR count). The van der Waals surface area contributed by atoms with Gasteiger partial charge in [-0.25, -0.2) is 17.5 Å². The zero-order valence-corrected chi connectivity index (χ0v) is 23.2. The quantitative estimate of drug-likeness (QED) is 0.231. The van der Waals surface area contributed by atoms with Gasteiger partial charge >= 0.3 is 0 Å². The molecule has 0 radical (unpaired) electrons. The molecule has 2 amide bonds. The molecule has 0 fully saturated rings. The average molecular weight is 609 g/mol. The molecule has 214 valence electrons. The highest BCUT2D eigenvalue weighted by Crippen LogP contribution is 2.36. The summed E-state index contributed by atoms with van der Waals surface area (Å²) in [5, 5.41) is 0.686. The van der Waals surface area contributed by atoms with Gasteiger partial charge in [0, 0.05) is 38.8 Å². The van der Waals surface area contributed by atoms with Crippen LogP contribution in [0.2, 0.25) is 5.02 Å². The molecule has 0 atom stereocenters. The van der Waals surface area contributed by atoms with Crippen LogP contribution in [0.5, 0.6) is 5.75 Å². The van der Waals surface area contributed by atoms with Gasteiger partial charge in [0.15, 0.2) is 6.61 Å². The number of ether oxygens (including phenoxy) is 1. The summed E-state index contributed by atoms with van der Waals surface area (Å²) in [7, 11) is -4.45. The number of amides is 2. The van der Waals surface area contributed by atoms with Gasteiger partial charge in [-0.15, -0.1) is 0 Å². The molecule has 0 bridgehead atoms. The maximum atomic E-state index is 14.8. The molecule has 2 heterocycles. The van der Waals surface area contributed by atoms with E-state index in [0.717, 1.165) is 0 Å². The van der Waals surface area contributed by atoms with Crippen LogP contribution in [0.1, 0.15) is 16.1 Å². The third kappa shape index (κ3) is 5.76. The molecule has 2 aromatic heterocycles. The van der Waals surface area contributed by atoms with Crippen LogP contribution < -0.4 is 20.8 Å². The lowest BCUT2D eigenvalue weighted by Gasteiger charge is -2.14. The molecular formula is C29H22ClFN4O6S. The summed E-state index contributed by atoms with van der Waals surface area (Å²) in [6, 6.07) is 18.7. The number of hydrogen-bond donors (Lipinski definition) is 3. The highest BCUT2D eigenvalue weighted by Gasteiger charge is 2.29. The Labute approximate surface area is 243 Å². The van der Waals surface area contributed by atoms with Crippen LogP contribution in [0.3, 0.4) is 0 Å². The van der Waals surface area contributed by atoms with Crippen LogP contribution in [0.15, 0.2) is 94.7 Å². The molecule has 0 aliphatic heterocycles. The number of benzene rings is 3. The Bertz CT molecular complexity index is 2010. The molecular weight excluding hydrogens is 587 g/mol. The van der Waals surface area contributed by atoms with Crippen molar-refractivity contribution in [3.05, 3.63) is 118 Å². The minimum absolute atomic E-state index is 0.0792. The molecule has 0 spiro atoms. The number of fused-ring (bicyclic) bond motifs is 1. The van der Waals surface area contributed by atoms with Crippen LogP contribution in [0.25, 0.3) is 22.0 Å². The summed E-state index contributed by atoms with van der Waals surface area (Å²) in [6.07, 6.45) is 1.42. The minimum Gasteiger partial charge on any atom is -0.484 e. The predicted molar refractivity (Wildman–Crippen MR) is 154 cm³/mol. The first-order valence-electron chi connectivity index (χ1n) is 12.4. The molecule has 5 aromatic rings. The first-order valence-corrected chi connectivity index (χ1v) is 14.2. The highest BCUT2D eigenvalue weighted by molar-refractivity contribution is 7.90. The minimum atomic E-state index is -4.45. The Kier molecular flexibility index (Phi) is 7.83. The first-order chi connectivity index (χ1) is 20.0. The van der Waals surface area contributed by atoms with E-state index in [1.165, 1.54) is 59.3 Å². The molecule has 0 aliphatic rings. The summed E-state index contributed by atoms with van der Waals surface area (Å²) in [6.45, 7) is -0.564. The smallest absolute Gasteiger partial charge is 0.282 e. The summed E-state index contributed by atoms with van der Waals surface area (Å²) >= 11 is 6.30. The Balaban J connectivity index is 1.65. The standard InChI is InChI=1S/C29H22ClFN4O6S/c30-18-7-12-24-22(14-18)26(21-5-3-13-33-28(21)37)27(35(24)15-17-4-1-2-6-23(17)31)29(38)34-42(39,40)20-10-8-19(9-11-20)41-16-25(32)36/h1-14H,15-16H2,(H2,32,36)(H,33,37)(H,34,38). The number of carbonyl (C=O) groups excluding carboxylic acids is 2. The number of aromatic amines is 1. The van der Waals surface area contributed by atoms with Crippen molar-refractivity contribution in [3.63, 3.8) is 0 Å². The molecule has 13 heteroatoms. The van der Waals surface area contributed by atoms with Gasteiger partial charge < -0.3 is 20.0 Å². The van der Waals surface area contributed by atoms with Gasteiger partial charge in [0.2, 0.25) is 0 Å². The Morgan fingerprint density at radius 1 is 1.02 bits per heavy atom. The fourth-order valence-electron chi connectivity index (χ4n) is 4.51. The number of primary amides is 1. The van der Waals surface area contributed by atoms with Crippen molar-refractivity contribution in [1.82, 2.24) is 14.3 Å². The van der Waals surface area contributed by atoms with Crippen molar-refractivity contribution >= 4 is 44.3 Å². The molecule has 0 saturated heterocycles. The van der Waals surface area contributed by atoms with Gasteiger partial charge in [-0.2, -0.15) is 0 Å². The SMILES string of the molecule is NC(=O)COc1ccc(S(=O)(=O)NC(=O)c2c(-c3ccc[nH]c3=O)c3cc(Cl)ccc3n2Cc2ccccc2F)cc1. The van der Waals surface area contributed by atoms with E-state index in [-0.39, 0.29) is 39.6 Å². The number of pyridine rings is 1. The number of H-pyrrole nitrogens is 1. The Hall–Kier alpha value is -4.94. The summed E-state index contributed by atoms with van der Waals surface area (Å²) in [5.74, 6) is -2.12. The van der Waals surface area contributed by atoms with Crippen LogP contribution in [-0.2, 0) is 21.4 Å². The van der Waals surface area contributed by atoms with E-state index >= 15 is 0 Å². The third-order valence-corrected chi connectivity index (χ3v) is 7.94. The molecule has 0 unspecified atom stereocenters. The van der Waals surface area contributed by atoms with E-state index in [2.05, 4.69) is 9.71 Å². The number of sulfonamides is 1. The van der Waals surface area contributed by atoms with Crippen LogP contribution >= 0.6 is 11.6 Å². The fourth-order valence-corrected chi connectivity index (χ4v) is 5.64. The van der Waals surface area contributed by atoms with Crippen molar-refractivity contribution in [3.8, 4) is 16.9 Å².